The van der Waals surface area contributed by atoms with Crippen molar-refractivity contribution in [2.45, 2.75) is 18.8 Å². The molecule has 0 spiro atoms. The van der Waals surface area contributed by atoms with Crippen LogP contribution in [0.4, 0.5) is 0 Å². The van der Waals surface area contributed by atoms with Gasteiger partial charge >= 0.3 is 0 Å². The topological polar surface area (TPSA) is 55.1 Å². The predicted molar refractivity (Wildman–Crippen MR) is 77.3 cm³/mol. The van der Waals surface area contributed by atoms with Crippen LogP contribution in [0.5, 0.6) is 0 Å². The molecule has 1 fully saturated rings. The first-order valence-corrected chi connectivity index (χ1v) is 6.79. The largest absolute Gasteiger partial charge is 0.366 e. The second-order valence-electron chi connectivity index (χ2n) is 5.17. The zero-order valence-electron chi connectivity index (χ0n) is 10.9. The summed E-state index contributed by atoms with van der Waals surface area (Å²) in [5.74, 6) is 0.249. The van der Waals surface area contributed by atoms with Gasteiger partial charge in [0.05, 0.1) is 0 Å². The number of fused-ring (bicyclic) bond motifs is 1. The van der Waals surface area contributed by atoms with E-state index in [9.17, 15) is 4.79 Å². The maximum Gasteiger partial charge on any atom is 0.248 e. The van der Waals surface area contributed by atoms with E-state index in [1.165, 1.54) is 23.8 Å². The summed E-state index contributed by atoms with van der Waals surface area (Å²) in [6.07, 6.45) is 2.35. The molecule has 3 N–H and O–H groups in total. The van der Waals surface area contributed by atoms with Gasteiger partial charge in [0.15, 0.2) is 0 Å². The van der Waals surface area contributed by atoms with E-state index in [1.807, 2.05) is 24.3 Å². The number of benzene rings is 2. The second-order valence-corrected chi connectivity index (χ2v) is 5.17. The van der Waals surface area contributed by atoms with Gasteiger partial charge in [0, 0.05) is 5.56 Å². The Hall–Kier alpha value is -1.87. The molecule has 0 bridgehead atoms. The Morgan fingerprint density at radius 3 is 2.68 bits per heavy atom. The van der Waals surface area contributed by atoms with Gasteiger partial charge in [-0.25, -0.2) is 0 Å². The quantitative estimate of drug-likeness (QED) is 0.864. The lowest BCUT2D eigenvalue weighted by molar-refractivity contribution is 0.100. The molecule has 3 heteroatoms. The third-order valence-electron chi connectivity index (χ3n) is 3.98. The summed E-state index contributed by atoms with van der Waals surface area (Å²) >= 11 is 0. The Bertz CT molecular complexity index is 615. The highest BCUT2D eigenvalue weighted by Crippen LogP contribution is 2.31. The molecule has 98 valence electrons. The average molecular weight is 254 g/mol. The fourth-order valence-electron chi connectivity index (χ4n) is 2.95. The number of hydrogen-bond donors (Lipinski definition) is 2. The van der Waals surface area contributed by atoms with Crippen LogP contribution in [0.25, 0.3) is 10.8 Å². The third-order valence-corrected chi connectivity index (χ3v) is 3.98. The number of carbonyl (C=O) groups is 1. The van der Waals surface area contributed by atoms with Crippen molar-refractivity contribution in [1.82, 2.24) is 5.32 Å². The van der Waals surface area contributed by atoms with E-state index in [4.69, 9.17) is 5.73 Å². The van der Waals surface area contributed by atoms with Crippen molar-refractivity contribution in [3.05, 3.63) is 47.5 Å². The molecule has 1 amide bonds. The summed E-state index contributed by atoms with van der Waals surface area (Å²) in [4.78, 5) is 11.2. The third kappa shape index (κ3) is 2.34. The van der Waals surface area contributed by atoms with Crippen molar-refractivity contribution >= 4 is 16.7 Å². The number of primary amides is 1. The van der Waals surface area contributed by atoms with Crippen LogP contribution in [0.15, 0.2) is 36.4 Å². The van der Waals surface area contributed by atoms with Gasteiger partial charge in [0.25, 0.3) is 0 Å². The highest BCUT2D eigenvalue weighted by molar-refractivity contribution is 5.98. The van der Waals surface area contributed by atoms with Crippen LogP contribution in [-0.4, -0.2) is 19.0 Å². The maximum absolute atomic E-state index is 11.2. The van der Waals surface area contributed by atoms with Crippen LogP contribution >= 0.6 is 0 Å². The lowest BCUT2D eigenvalue weighted by Gasteiger charge is -2.24. The number of amides is 1. The van der Waals surface area contributed by atoms with Crippen LogP contribution in [0.1, 0.15) is 34.7 Å². The number of rotatable bonds is 2. The maximum atomic E-state index is 11.2. The first kappa shape index (κ1) is 12.2. The van der Waals surface area contributed by atoms with Gasteiger partial charge < -0.3 is 11.1 Å². The van der Waals surface area contributed by atoms with Crippen LogP contribution in [-0.2, 0) is 0 Å². The van der Waals surface area contributed by atoms with Crippen molar-refractivity contribution in [2.24, 2.45) is 5.73 Å². The molecule has 1 aliphatic heterocycles. The minimum absolute atomic E-state index is 0.367. The van der Waals surface area contributed by atoms with E-state index in [1.54, 1.807) is 0 Å². The Morgan fingerprint density at radius 1 is 1.16 bits per heavy atom. The summed E-state index contributed by atoms with van der Waals surface area (Å²) in [6, 6.07) is 12.1. The minimum Gasteiger partial charge on any atom is -0.366 e. The molecular formula is C16H18N2O. The number of nitrogens with one attached hydrogen (secondary N) is 1. The molecule has 0 aliphatic carbocycles. The molecule has 0 atom stereocenters. The molecule has 0 radical (unpaired) electrons. The predicted octanol–water partition coefficient (Wildman–Crippen LogP) is 2.41. The Morgan fingerprint density at radius 2 is 1.95 bits per heavy atom. The molecule has 0 aromatic heterocycles. The first-order chi connectivity index (χ1) is 9.25. The fourth-order valence-corrected chi connectivity index (χ4v) is 2.95. The Balaban J connectivity index is 2.07. The highest BCUT2D eigenvalue weighted by atomic mass is 16.1. The van der Waals surface area contributed by atoms with Crippen LogP contribution < -0.4 is 11.1 Å². The van der Waals surface area contributed by atoms with Gasteiger partial charge in [0.2, 0.25) is 5.91 Å². The summed E-state index contributed by atoms with van der Waals surface area (Å²) in [5, 5.41) is 5.75. The average Bonchev–Trinajstić information content (AvgIpc) is 2.47. The van der Waals surface area contributed by atoms with Crippen molar-refractivity contribution in [1.29, 1.82) is 0 Å². The molecule has 3 nitrogen and oxygen atoms in total. The molecule has 0 saturated carbocycles. The molecule has 1 saturated heterocycles. The van der Waals surface area contributed by atoms with E-state index in [0.717, 1.165) is 18.5 Å². The van der Waals surface area contributed by atoms with Gasteiger partial charge in [-0.3, -0.25) is 4.79 Å². The standard InChI is InChI=1S/C16H18N2O/c17-16(19)13-4-5-15-12(10-13)2-1-3-14(15)11-6-8-18-9-7-11/h1-5,10-11,18H,6-9H2,(H2,17,19). The molecule has 2 aromatic rings. The smallest absolute Gasteiger partial charge is 0.248 e. The number of nitrogens with two attached hydrogens (primary N) is 1. The van der Waals surface area contributed by atoms with Gasteiger partial charge in [-0.05, 0) is 60.3 Å². The zero-order valence-corrected chi connectivity index (χ0v) is 10.9. The van der Waals surface area contributed by atoms with E-state index in [2.05, 4.69) is 17.4 Å². The van der Waals surface area contributed by atoms with E-state index < -0.39 is 0 Å². The summed E-state index contributed by atoms with van der Waals surface area (Å²) < 4.78 is 0. The van der Waals surface area contributed by atoms with Crippen molar-refractivity contribution in [3.63, 3.8) is 0 Å². The Kier molecular flexibility index (Phi) is 3.22. The van der Waals surface area contributed by atoms with Gasteiger partial charge in [-0.15, -0.1) is 0 Å². The van der Waals surface area contributed by atoms with Crippen molar-refractivity contribution < 1.29 is 4.79 Å². The van der Waals surface area contributed by atoms with Gasteiger partial charge in [-0.2, -0.15) is 0 Å². The summed E-state index contributed by atoms with van der Waals surface area (Å²) in [5.41, 5.74) is 7.32. The normalized spacial score (nSPS) is 16.6. The van der Waals surface area contributed by atoms with Crippen molar-refractivity contribution in [2.75, 3.05) is 13.1 Å². The van der Waals surface area contributed by atoms with E-state index in [0.29, 0.717) is 11.5 Å². The van der Waals surface area contributed by atoms with Gasteiger partial charge in [0.1, 0.15) is 0 Å². The second kappa shape index (κ2) is 5.02. The molecule has 19 heavy (non-hydrogen) atoms. The molecule has 1 heterocycles. The summed E-state index contributed by atoms with van der Waals surface area (Å²) in [7, 11) is 0. The Labute approximate surface area is 112 Å². The molecule has 1 aliphatic rings. The fraction of sp³-hybridized carbons (Fsp3) is 0.312. The molecule has 0 unspecified atom stereocenters. The highest BCUT2D eigenvalue weighted by Gasteiger charge is 2.17. The van der Waals surface area contributed by atoms with Crippen LogP contribution in [0.3, 0.4) is 0 Å². The van der Waals surface area contributed by atoms with Gasteiger partial charge in [-0.1, -0.05) is 24.3 Å². The zero-order chi connectivity index (χ0) is 13.2. The van der Waals surface area contributed by atoms with Crippen LogP contribution in [0, 0.1) is 0 Å². The number of piperidine rings is 1. The van der Waals surface area contributed by atoms with Crippen molar-refractivity contribution in [3.8, 4) is 0 Å². The first-order valence-electron chi connectivity index (χ1n) is 6.79. The minimum atomic E-state index is -0.367. The monoisotopic (exact) mass is 254 g/mol. The van der Waals surface area contributed by atoms with E-state index >= 15 is 0 Å². The molecular weight excluding hydrogens is 236 g/mol. The SMILES string of the molecule is NC(=O)c1ccc2c(C3CCNCC3)cccc2c1. The van der Waals surface area contributed by atoms with Crippen LogP contribution in [0.2, 0.25) is 0 Å². The number of carbonyl (C=O) groups excluding carboxylic acids is 1. The summed E-state index contributed by atoms with van der Waals surface area (Å²) in [6.45, 7) is 2.17. The lowest BCUT2D eigenvalue weighted by atomic mass is 9.86. The lowest BCUT2D eigenvalue weighted by Crippen LogP contribution is -2.26. The van der Waals surface area contributed by atoms with E-state index in [-0.39, 0.29) is 5.91 Å². The molecule has 2 aromatic carbocycles. The number of hydrogen-bond acceptors (Lipinski definition) is 2. The molecule has 3 rings (SSSR count).